The fraction of sp³-hybridized carbons (Fsp3) is 0.579. The van der Waals surface area contributed by atoms with Gasteiger partial charge in [0, 0.05) is 17.8 Å². The third kappa shape index (κ3) is 4.77. The second-order valence-corrected chi connectivity index (χ2v) is 19.7. The van der Waals surface area contributed by atoms with Gasteiger partial charge in [0.25, 0.3) is 8.32 Å². The van der Waals surface area contributed by atoms with Gasteiger partial charge in [-0.25, -0.2) is 0 Å². The molecule has 0 amide bonds. The first-order chi connectivity index (χ1) is 20.4. The number of benzene rings is 2. The zero-order chi connectivity index (χ0) is 30.7. The first-order valence-electron chi connectivity index (χ1n) is 16.5. The van der Waals surface area contributed by atoms with E-state index >= 15 is 0 Å². The zero-order valence-electron chi connectivity index (χ0n) is 27.2. The molecule has 232 valence electrons. The quantitative estimate of drug-likeness (QED) is 0.245. The van der Waals surface area contributed by atoms with Crippen molar-refractivity contribution < 1.29 is 19.0 Å². The molecule has 43 heavy (non-hydrogen) atoms. The van der Waals surface area contributed by atoms with E-state index in [1.54, 1.807) is 0 Å². The molecule has 2 bridgehead atoms. The molecular weight excluding hydrogens is 549 g/mol. The maximum Gasteiger partial charge on any atom is 0.261 e. The third-order valence-electron chi connectivity index (χ3n) is 11.5. The SMILES string of the molecule is C=C(CO[Si](c1ccccc1)(c1ccccc1)C(C)(C)C)CC(O)[C@@H]1C2=C(C(C)C)CC[C@]23CC[C@@]1(C)CC31OCCO1. The molecule has 1 aliphatic heterocycles. The van der Waals surface area contributed by atoms with Gasteiger partial charge in [-0.3, -0.25) is 0 Å². The number of rotatable bonds is 9. The molecule has 2 aromatic rings. The van der Waals surface area contributed by atoms with Crippen molar-refractivity contribution in [1.82, 2.24) is 0 Å². The van der Waals surface area contributed by atoms with E-state index in [0.717, 1.165) is 37.7 Å². The number of hydrogen-bond acceptors (Lipinski definition) is 4. The van der Waals surface area contributed by atoms with Crippen LogP contribution in [0.5, 0.6) is 0 Å². The second kappa shape index (κ2) is 11.1. The van der Waals surface area contributed by atoms with Gasteiger partial charge >= 0.3 is 0 Å². The van der Waals surface area contributed by atoms with Crippen LogP contribution in [0, 0.1) is 22.7 Å². The highest BCUT2D eigenvalue weighted by atomic mass is 28.4. The maximum absolute atomic E-state index is 12.2. The summed E-state index contributed by atoms with van der Waals surface area (Å²) < 4.78 is 20.3. The standard InChI is InChI=1S/C38H52O4Si/c1-27(2)31-18-19-37-21-20-36(7,26-38(37)40-22-23-41-38)34(33(31)37)32(39)24-28(3)25-42-43(35(4,5)6,29-14-10-8-11-15-29)30-16-12-9-13-17-30/h8-17,27,32,34,39H,3,18-26H2,1-2,4-7H3/t32?,34-,36+,37+/m1/s1. The molecule has 0 aromatic heterocycles. The highest BCUT2D eigenvalue weighted by Gasteiger charge is 2.72. The Labute approximate surface area is 260 Å². The van der Waals surface area contributed by atoms with Crippen LogP contribution >= 0.6 is 0 Å². The summed E-state index contributed by atoms with van der Waals surface area (Å²) >= 11 is 0. The monoisotopic (exact) mass is 600 g/mol. The van der Waals surface area contributed by atoms with E-state index in [0.29, 0.717) is 32.2 Å². The molecule has 4 aliphatic carbocycles. The lowest BCUT2D eigenvalue weighted by Crippen LogP contribution is -2.66. The Kier molecular flexibility index (Phi) is 8.00. The number of allylic oxidation sites excluding steroid dienone is 1. The molecule has 2 aromatic carbocycles. The van der Waals surface area contributed by atoms with Crippen molar-refractivity contribution in [1.29, 1.82) is 0 Å². The van der Waals surface area contributed by atoms with Crippen LogP contribution in [0.4, 0.5) is 0 Å². The van der Waals surface area contributed by atoms with Crippen molar-refractivity contribution in [2.75, 3.05) is 19.8 Å². The largest absolute Gasteiger partial charge is 0.403 e. The highest BCUT2D eigenvalue weighted by molar-refractivity contribution is 6.99. The molecule has 1 unspecified atom stereocenters. The van der Waals surface area contributed by atoms with E-state index in [1.807, 2.05) is 0 Å². The molecule has 5 heteroatoms. The van der Waals surface area contributed by atoms with Gasteiger partial charge in [-0.1, -0.05) is 126 Å². The Balaban J connectivity index is 1.29. The summed E-state index contributed by atoms with van der Waals surface area (Å²) in [6.45, 7) is 20.2. The fourth-order valence-corrected chi connectivity index (χ4v) is 14.3. The molecular formula is C38H52O4Si. The summed E-state index contributed by atoms with van der Waals surface area (Å²) in [4.78, 5) is 0. The Morgan fingerprint density at radius 1 is 0.977 bits per heavy atom. The zero-order valence-corrected chi connectivity index (χ0v) is 28.2. The molecule has 3 saturated carbocycles. The van der Waals surface area contributed by atoms with Crippen molar-refractivity contribution in [2.24, 2.45) is 22.7 Å². The molecule has 7 rings (SSSR count). The Morgan fingerprint density at radius 3 is 2.09 bits per heavy atom. The minimum absolute atomic E-state index is 0.0789. The first-order valence-corrected chi connectivity index (χ1v) is 18.4. The predicted octanol–water partition coefficient (Wildman–Crippen LogP) is 7.17. The van der Waals surface area contributed by atoms with E-state index in [9.17, 15) is 5.11 Å². The Morgan fingerprint density at radius 2 is 1.56 bits per heavy atom. The van der Waals surface area contributed by atoms with Crippen molar-refractivity contribution in [3.8, 4) is 0 Å². The van der Waals surface area contributed by atoms with Crippen LogP contribution in [0.15, 0.2) is 84.0 Å². The average Bonchev–Trinajstić information content (AvgIpc) is 3.59. The van der Waals surface area contributed by atoms with E-state index in [1.165, 1.54) is 21.5 Å². The predicted molar refractivity (Wildman–Crippen MR) is 177 cm³/mol. The Bertz CT molecular complexity index is 1310. The fourth-order valence-electron chi connectivity index (χ4n) is 9.70. The first kappa shape index (κ1) is 31.0. The van der Waals surface area contributed by atoms with Crippen LogP contribution in [0.3, 0.4) is 0 Å². The van der Waals surface area contributed by atoms with E-state index < -0.39 is 20.2 Å². The number of aliphatic hydroxyl groups excluding tert-OH is 1. The average molecular weight is 601 g/mol. The molecule has 1 N–H and O–H groups in total. The van der Waals surface area contributed by atoms with Gasteiger partial charge in [-0.2, -0.15) is 0 Å². The smallest absolute Gasteiger partial charge is 0.261 e. The molecule has 2 spiro atoms. The summed E-state index contributed by atoms with van der Waals surface area (Å²) in [6.07, 6.45) is 5.24. The lowest BCUT2D eigenvalue weighted by molar-refractivity contribution is -0.294. The second-order valence-electron chi connectivity index (χ2n) is 15.4. The maximum atomic E-state index is 12.2. The molecule has 4 fully saturated rings. The number of aliphatic hydroxyl groups is 1. The Hall–Kier alpha value is -2.02. The third-order valence-corrected chi connectivity index (χ3v) is 16.5. The van der Waals surface area contributed by atoms with Gasteiger partial charge in [-0.05, 0) is 58.8 Å². The van der Waals surface area contributed by atoms with E-state index in [-0.39, 0.29) is 21.8 Å². The normalized spacial score (nSPS) is 29.0. The molecule has 1 saturated heterocycles. The van der Waals surface area contributed by atoms with Gasteiger partial charge in [0.05, 0.1) is 25.9 Å². The van der Waals surface area contributed by atoms with E-state index in [4.69, 9.17) is 13.9 Å². The summed E-state index contributed by atoms with van der Waals surface area (Å²) in [6, 6.07) is 21.5. The highest BCUT2D eigenvalue weighted by Crippen LogP contribution is 2.74. The number of hydrogen-bond donors (Lipinski definition) is 1. The minimum atomic E-state index is -2.69. The molecule has 4 atom stereocenters. The lowest BCUT2D eigenvalue weighted by atomic mass is 9.44. The van der Waals surface area contributed by atoms with Gasteiger partial charge in [-0.15, -0.1) is 0 Å². The van der Waals surface area contributed by atoms with Gasteiger partial charge in [0.1, 0.15) is 0 Å². The minimum Gasteiger partial charge on any atom is -0.403 e. The summed E-state index contributed by atoms with van der Waals surface area (Å²) in [7, 11) is -2.69. The summed E-state index contributed by atoms with van der Waals surface area (Å²) in [5, 5.41) is 14.6. The molecule has 4 nitrogen and oxygen atoms in total. The van der Waals surface area contributed by atoms with Gasteiger partial charge in [0.2, 0.25) is 0 Å². The van der Waals surface area contributed by atoms with Crippen molar-refractivity contribution in [3.05, 3.63) is 84.0 Å². The van der Waals surface area contributed by atoms with Crippen LogP contribution in [-0.4, -0.2) is 45.1 Å². The van der Waals surface area contributed by atoms with Crippen molar-refractivity contribution >= 4 is 18.7 Å². The van der Waals surface area contributed by atoms with Crippen LogP contribution in [0.25, 0.3) is 0 Å². The summed E-state index contributed by atoms with van der Waals surface area (Å²) in [5.41, 5.74) is 3.77. The molecule has 5 aliphatic rings. The van der Waals surface area contributed by atoms with Crippen LogP contribution in [0.2, 0.25) is 5.04 Å². The van der Waals surface area contributed by atoms with Crippen molar-refractivity contribution in [3.63, 3.8) is 0 Å². The summed E-state index contributed by atoms with van der Waals surface area (Å²) in [5.74, 6) is 0.0161. The van der Waals surface area contributed by atoms with Crippen LogP contribution in [-0.2, 0) is 13.9 Å². The number of fused-ring (bicyclic) bond motifs is 1. The lowest BCUT2D eigenvalue weighted by Gasteiger charge is -2.65. The van der Waals surface area contributed by atoms with E-state index in [2.05, 4.69) is 109 Å². The van der Waals surface area contributed by atoms with Crippen molar-refractivity contribution in [2.45, 2.75) is 97.0 Å². The molecule has 1 heterocycles. The van der Waals surface area contributed by atoms with Gasteiger partial charge < -0.3 is 19.0 Å². The molecule has 0 radical (unpaired) electrons. The topological polar surface area (TPSA) is 47.9 Å². The van der Waals surface area contributed by atoms with Crippen LogP contribution in [0.1, 0.15) is 80.1 Å². The van der Waals surface area contributed by atoms with Gasteiger partial charge in [0.15, 0.2) is 5.79 Å². The number of ether oxygens (including phenoxy) is 2. The van der Waals surface area contributed by atoms with Crippen LogP contribution < -0.4 is 10.4 Å².